The van der Waals surface area contributed by atoms with Gasteiger partial charge in [0.25, 0.3) is 0 Å². The SMILES string of the molecule is Cc1cccc(CCC(=O)NCC2CCS(=O)(=O)C2)c1. The van der Waals surface area contributed by atoms with Gasteiger partial charge in [-0.3, -0.25) is 4.79 Å². The maximum Gasteiger partial charge on any atom is 0.220 e. The lowest BCUT2D eigenvalue weighted by Gasteiger charge is -2.09. The number of carbonyl (C=O) groups is 1. The van der Waals surface area contributed by atoms with Crippen molar-refractivity contribution in [1.29, 1.82) is 0 Å². The van der Waals surface area contributed by atoms with Crippen LogP contribution in [0.4, 0.5) is 0 Å². The van der Waals surface area contributed by atoms with Crippen LogP contribution in [-0.4, -0.2) is 32.4 Å². The Morgan fingerprint density at radius 1 is 1.40 bits per heavy atom. The molecule has 20 heavy (non-hydrogen) atoms. The Balaban J connectivity index is 1.71. The summed E-state index contributed by atoms with van der Waals surface area (Å²) >= 11 is 0. The monoisotopic (exact) mass is 295 g/mol. The van der Waals surface area contributed by atoms with E-state index in [9.17, 15) is 13.2 Å². The highest BCUT2D eigenvalue weighted by Gasteiger charge is 2.27. The van der Waals surface area contributed by atoms with Crippen molar-refractivity contribution >= 4 is 15.7 Å². The normalized spacial score (nSPS) is 20.8. The third-order valence-electron chi connectivity index (χ3n) is 3.64. The predicted molar refractivity (Wildman–Crippen MR) is 79.3 cm³/mol. The van der Waals surface area contributed by atoms with Crippen LogP contribution in [0.25, 0.3) is 0 Å². The number of sulfone groups is 1. The Hall–Kier alpha value is -1.36. The highest BCUT2D eigenvalue weighted by Crippen LogP contribution is 2.17. The molecule has 0 aromatic heterocycles. The molecule has 0 aliphatic carbocycles. The van der Waals surface area contributed by atoms with Crippen molar-refractivity contribution in [2.24, 2.45) is 5.92 Å². The summed E-state index contributed by atoms with van der Waals surface area (Å²) in [6, 6.07) is 8.12. The van der Waals surface area contributed by atoms with E-state index in [0.717, 1.165) is 12.0 Å². The van der Waals surface area contributed by atoms with Crippen LogP contribution in [0.3, 0.4) is 0 Å². The maximum absolute atomic E-state index is 11.8. The fraction of sp³-hybridized carbons (Fsp3) is 0.533. The standard InChI is InChI=1S/C15H21NO3S/c1-12-3-2-4-13(9-12)5-6-15(17)16-10-14-7-8-20(18,19)11-14/h2-4,9,14H,5-8,10-11H2,1H3,(H,16,17). The van der Waals surface area contributed by atoms with Gasteiger partial charge >= 0.3 is 0 Å². The second-order valence-electron chi connectivity index (χ2n) is 5.56. The van der Waals surface area contributed by atoms with E-state index >= 15 is 0 Å². The summed E-state index contributed by atoms with van der Waals surface area (Å²) < 4.78 is 22.6. The molecule has 110 valence electrons. The van der Waals surface area contributed by atoms with Crippen molar-refractivity contribution in [3.8, 4) is 0 Å². The molecule has 1 N–H and O–H groups in total. The smallest absolute Gasteiger partial charge is 0.220 e. The van der Waals surface area contributed by atoms with Crippen LogP contribution in [0.1, 0.15) is 24.0 Å². The van der Waals surface area contributed by atoms with Crippen molar-refractivity contribution in [2.75, 3.05) is 18.1 Å². The molecular weight excluding hydrogens is 274 g/mol. The highest BCUT2D eigenvalue weighted by atomic mass is 32.2. The summed E-state index contributed by atoms with van der Waals surface area (Å²) in [5.41, 5.74) is 2.35. The van der Waals surface area contributed by atoms with E-state index in [1.165, 1.54) is 5.56 Å². The molecule has 0 radical (unpaired) electrons. The average Bonchev–Trinajstić information content (AvgIpc) is 2.74. The third kappa shape index (κ3) is 4.63. The molecule has 2 rings (SSSR count). The molecule has 1 saturated heterocycles. The van der Waals surface area contributed by atoms with Gasteiger partial charge in [-0.15, -0.1) is 0 Å². The number of amides is 1. The van der Waals surface area contributed by atoms with Crippen LogP contribution in [0.15, 0.2) is 24.3 Å². The molecule has 1 amide bonds. The molecule has 1 aliphatic rings. The lowest BCUT2D eigenvalue weighted by molar-refractivity contribution is -0.121. The van der Waals surface area contributed by atoms with Gasteiger partial charge in [-0.1, -0.05) is 29.8 Å². The molecule has 0 saturated carbocycles. The minimum absolute atomic E-state index is 0.00389. The van der Waals surface area contributed by atoms with Crippen LogP contribution in [0.2, 0.25) is 0 Å². The van der Waals surface area contributed by atoms with Gasteiger partial charge in [-0.05, 0) is 31.2 Å². The van der Waals surface area contributed by atoms with Crippen molar-refractivity contribution in [3.63, 3.8) is 0 Å². The number of benzene rings is 1. The summed E-state index contributed by atoms with van der Waals surface area (Å²) in [4.78, 5) is 11.8. The third-order valence-corrected chi connectivity index (χ3v) is 5.47. The Morgan fingerprint density at radius 2 is 2.20 bits per heavy atom. The number of nitrogens with one attached hydrogen (secondary N) is 1. The van der Waals surface area contributed by atoms with E-state index < -0.39 is 9.84 Å². The van der Waals surface area contributed by atoms with E-state index in [1.54, 1.807) is 0 Å². The molecule has 1 aliphatic heterocycles. The quantitative estimate of drug-likeness (QED) is 0.895. The zero-order valence-corrected chi connectivity index (χ0v) is 12.6. The predicted octanol–water partition coefficient (Wildman–Crippen LogP) is 1.48. The summed E-state index contributed by atoms with van der Waals surface area (Å²) in [5, 5.41) is 2.84. The minimum Gasteiger partial charge on any atom is -0.356 e. The van der Waals surface area contributed by atoms with Crippen molar-refractivity contribution < 1.29 is 13.2 Å². The second kappa shape index (κ2) is 6.39. The zero-order chi connectivity index (χ0) is 14.6. The fourth-order valence-corrected chi connectivity index (χ4v) is 4.37. The summed E-state index contributed by atoms with van der Waals surface area (Å²) in [7, 11) is -2.85. The van der Waals surface area contributed by atoms with Crippen molar-refractivity contribution in [2.45, 2.75) is 26.2 Å². The lowest BCUT2D eigenvalue weighted by Crippen LogP contribution is -2.29. The van der Waals surface area contributed by atoms with Gasteiger partial charge in [0.1, 0.15) is 0 Å². The number of aryl methyl sites for hydroxylation is 2. The number of rotatable bonds is 5. The summed E-state index contributed by atoms with van der Waals surface area (Å²) in [6.45, 7) is 2.51. The van der Waals surface area contributed by atoms with Gasteiger partial charge < -0.3 is 5.32 Å². The molecule has 1 unspecified atom stereocenters. The Kier molecular flexibility index (Phi) is 4.81. The van der Waals surface area contributed by atoms with Crippen LogP contribution in [0, 0.1) is 12.8 Å². The number of carbonyl (C=O) groups excluding carboxylic acids is 1. The highest BCUT2D eigenvalue weighted by molar-refractivity contribution is 7.91. The molecule has 0 bridgehead atoms. The fourth-order valence-electron chi connectivity index (χ4n) is 2.51. The lowest BCUT2D eigenvalue weighted by atomic mass is 10.1. The molecule has 1 heterocycles. The van der Waals surface area contributed by atoms with E-state index in [0.29, 0.717) is 19.4 Å². The molecule has 1 fully saturated rings. The summed E-state index contributed by atoms with van der Waals surface area (Å²) in [6.07, 6.45) is 1.83. The second-order valence-corrected chi connectivity index (χ2v) is 7.79. The minimum atomic E-state index is -2.85. The van der Waals surface area contributed by atoms with Crippen LogP contribution in [0.5, 0.6) is 0 Å². The first kappa shape index (κ1) is 15.0. The molecular formula is C15H21NO3S. The molecule has 1 aromatic carbocycles. The van der Waals surface area contributed by atoms with E-state index in [2.05, 4.69) is 11.4 Å². The Bertz CT molecular complexity index is 581. The first-order valence-corrected chi connectivity index (χ1v) is 8.79. The van der Waals surface area contributed by atoms with E-state index in [-0.39, 0.29) is 23.3 Å². The molecule has 0 spiro atoms. The van der Waals surface area contributed by atoms with E-state index in [1.807, 2.05) is 25.1 Å². The van der Waals surface area contributed by atoms with Gasteiger partial charge in [0.2, 0.25) is 5.91 Å². The van der Waals surface area contributed by atoms with Crippen molar-refractivity contribution in [3.05, 3.63) is 35.4 Å². The average molecular weight is 295 g/mol. The van der Waals surface area contributed by atoms with Gasteiger partial charge in [0, 0.05) is 13.0 Å². The van der Waals surface area contributed by atoms with Gasteiger partial charge in [0.05, 0.1) is 11.5 Å². The van der Waals surface area contributed by atoms with Gasteiger partial charge in [-0.25, -0.2) is 8.42 Å². The zero-order valence-electron chi connectivity index (χ0n) is 11.8. The summed E-state index contributed by atoms with van der Waals surface area (Å²) in [5.74, 6) is 0.556. The molecule has 1 aromatic rings. The van der Waals surface area contributed by atoms with E-state index in [4.69, 9.17) is 0 Å². The topological polar surface area (TPSA) is 63.2 Å². The van der Waals surface area contributed by atoms with Crippen LogP contribution >= 0.6 is 0 Å². The first-order valence-electron chi connectivity index (χ1n) is 6.97. The molecule has 1 atom stereocenters. The van der Waals surface area contributed by atoms with Crippen molar-refractivity contribution in [1.82, 2.24) is 5.32 Å². The largest absolute Gasteiger partial charge is 0.356 e. The van der Waals surface area contributed by atoms with Crippen LogP contribution in [-0.2, 0) is 21.1 Å². The molecule has 5 heteroatoms. The maximum atomic E-state index is 11.8. The Labute approximate surface area is 120 Å². The number of hydrogen-bond donors (Lipinski definition) is 1. The number of hydrogen-bond acceptors (Lipinski definition) is 3. The van der Waals surface area contributed by atoms with Gasteiger partial charge in [-0.2, -0.15) is 0 Å². The first-order chi connectivity index (χ1) is 9.44. The Morgan fingerprint density at radius 3 is 2.85 bits per heavy atom. The molecule has 4 nitrogen and oxygen atoms in total. The van der Waals surface area contributed by atoms with Crippen LogP contribution < -0.4 is 5.32 Å². The van der Waals surface area contributed by atoms with Gasteiger partial charge in [0.15, 0.2) is 9.84 Å².